The van der Waals surface area contributed by atoms with Crippen LogP contribution in [0.15, 0.2) is 93.0 Å². The topological polar surface area (TPSA) is 122 Å². The second-order valence-corrected chi connectivity index (χ2v) is 10.2. The van der Waals surface area contributed by atoms with E-state index >= 15 is 0 Å². The molecule has 0 saturated carbocycles. The summed E-state index contributed by atoms with van der Waals surface area (Å²) in [6.45, 7) is 1.65. The Morgan fingerprint density at radius 3 is 2.51 bits per heavy atom. The minimum absolute atomic E-state index is 0.132. The van der Waals surface area contributed by atoms with Crippen LogP contribution in [0.4, 0.5) is 5.69 Å². The van der Waals surface area contributed by atoms with Gasteiger partial charge in [0.2, 0.25) is 0 Å². The first-order valence-electron chi connectivity index (χ1n) is 10.6. The number of carbonyl (C=O) groups excluding carboxylic acids is 2. The van der Waals surface area contributed by atoms with Crippen LogP contribution in [0.25, 0.3) is 11.1 Å². The van der Waals surface area contributed by atoms with E-state index in [0.29, 0.717) is 21.7 Å². The fourth-order valence-electron chi connectivity index (χ4n) is 3.40. The number of amides is 2. The van der Waals surface area contributed by atoms with Gasteiger partial charge < -0.3 is 14.8 Å². The summed E-state index contributed by atoms with van der Waals surface area (Å²) < 4.78 is 22.3. The van der Waals surface area contributed by atoms with Gasteiger partial charge in [-0.25, -0.2) is 4.21 Å². The molecule has 0 spiro atoms. The molecule has 1 atom stereocenters. The molecule has 2 N–H and O–H groups in total. The van der Waals surface area contributed by atoms with Gasteiger partial charge in [-0.05, 0) is 54.4 Å². The Labute approximate surface area is 202 Å². The monoisotopic (exact) mass is 489 g/mol. The second-order valence-electron chi connectivity index (χ2n) is 7.93. The first-order chi connectivity index (χ1) is 16.8. The van der Waals surface area contributed by atoms with Gasteiger partial charge in [0, 0.05) is 40.4 Å². The Balaban J connectivity index is 1.58. The lowest BCUT2D eigenvalue weighted by atomic mass is 10.1. The number of carbonyl (C=O) groups is 2. The third-order valence-corrected chi connectivity index (χ3v) is 6.97. The van der Waals surface area contributed by atoms with Crippen molar-refractivity contribution in [3.63, 3.8) is 0 Å². The maximum atomic E-state index is 13.1. The fraction of sp³-hybridized carbons (Fsp3) is 0.115. The van der Waals surface area contributed by atoms with Crippen LogP contribution in [0.1, 0.15) is 32.0 Å². The normalized spacial score (nSPS) is 12.5. The summed E-state index contributed by atoms with van der Waals surface area (Å²) >= 11 is 0. The van der Waals surface area contributed by atoms with Crippen molar-refractivity contribution in [2.45, 2.75) is 18.4 Å². The number of hydrogen-bond acceptors (Lipinski definition) is 6. The van der Waals surface area contributed by atoms with Gasteiger partial charge in [0.1, 0.15) is 0 Å². The molecule has 1 unspecified atom stereocenters. The van der Waals surface area contributed by atoms with Gasteiger partial charge in [0.05, 0.1) is 28.2 Å². The standard InChI is InChI=1S/C26H23N3O5S/c1-17-10-11-34-24(17)26(32)28-22-5-3-4-19(13-22)20-12-21(15-27-14-20)25(31)29-35(2,33)23-8-6-18(16-30)7-9-23/h3-15,30H,16H2,1-2H3,(H,28,32). The molecule has 2 aromatic carbocycles. The number of anilines is 1. The van der Waals surface area contributed by atoms with Gasteiger partial charge in [-0.15, -0.1) is 0 Å². The highest BCUT2D eigenvalue weighted by molar-refractivity contribution is 7.93. The van der Waals surface area contributed by atoms with Crippen LogP contribution in [0, 0.1) is 6.92 Å². The lowest BCUT2D eigenvalue weighted by molar-refractivity contribution is 0.0991. The Hall–Kier alpha value is -4.08. The lowest BCUT2D eigenvalue weighted by Crippen LogP contribution is -2.12. The summed E-state index contributed by atoms with van der Waals surface area (Å²) in [5.41, 5.74) is 3.49. The Bertz CT molecular complexity index is 1520. The smallest absolute Gasteiger partial charge is 0.291 e. The Morgan fingerprint density at radius 2 is 1.83 bits per heavy atom. The van der Waals surface area contributed by atoms with Crippen molar-refractivity contribution >= 4 is 27.2 Å². The highest BCUT2D eigenvalue weighted by Gasteiger charge is 2.15. The molecule has 0 aliphatic heterocycles. The summed E-state index contributed by atoms with van der Waals surface area (Å²) in [6, 6.07) is 16.9. The number of aliphatic hydroxyl groups is 1. The number of rotatable bonds is 6. The minimum atomic E-state index is -3.00. The van der Waals surface area contributed by atoms with E-state index in [1.807, 2.05) is 6.07 Å². The van der Waals surface area contributed by atoms with E-state index in [1.165, 1.54) is 18.7 Å². The highest BCUT2D eigenvalue weighted by atomic mass is 32.2. The second kappa shape index (κ2) is 10.0. The molecule has 9 heteroatoms. The number of furan rings is 1. The van der Waals surface area contributed by atoms with Gasteiger partial charge in [-0.2, -0.15) is 4.36 Å². The van der Waals surface area contributed by atoms with Crippen molar-refractivity contribution < 1.29 is 23.3 Å². The van der Waals surface area contributed by atoms with Crippen molar-refractivity contribution in [1.29, 1.82) is 0 Å². The molecule has 0 aliphatic rings. The molecule has 35 heavy (non-hydrogen) atoms. The number of aliphatic hydroxyl groups excluding tert-OH is 1. The van der Waals surface area contributed by atoms with E-state index in [9.17, 15) is 18.9 Å². The van der Waals surface area contributed by atoms with Gasteiger partial charge in [0.25, 0.3) is 11.8 Å². The Kier molecular flexibility index (Phi) is 6.90. The van der Waals surface area contributed by atoms with E-state index in [4.69, 9.17) is 4.42 Å². The zero-order chi connectivity index (χ0) is 25.0. The van der Waals surface area contributed by atoms with Crippen LogP contribution in [0.5, 0.6) is 0 Å². The molecule has 178 valence electrons. The van der Waals surface area contributed by atoms with Crippen molar-refractivity contribution in [3.8, 4) is 11.1 Å². The first kappa shape index (κ1) is 24.1. The van der Waals surface area contributed by atoms with Crippen LogP contribution in [-0.4, -0.2) is 32.4 Å². The van der Waals surface area contributed by atoms with E-state index in [0.717, 1.165) is 11.1 Å². The van der Waals surface area contributed by atoms with Crippen LogP contribution in [-0.2, 0) is 16.3 Å². The third-order valence-electron chi connectivity index (χ3n) is 5.31. The van der Waals surface area contributed by atoms with Gasteiger partial charge >= 0.3 is 0 Å². The average Bonchev–Trinajstić information content (AvgIpc) is 3.30. The van der Waals surface area contributed by atoms with Crippen molar-refractivity contribution in [2.24, 2.45) is 4.36 Å². The molecule has 2 heterocycles. The van der Waals surface area contributed by atoms with Crippen LogP contribution in [0.2, 0.25) is 0 Å². The summed E-state index contributed by atoms with van der Waals surface area (Å²) in [4.78, 5) is 29.8. The molecule has 4 rings (SSSR count). The van der Waals surface area contributed by atoms with Gasteiger partial charge in [0.15, 0.2) is 5.76 Å². The molecule has 0 radical (unpaired) electrons. The fourth-order valence-corrected chi connectivity index (χ4v) is 4.56. The molecule has 2 amide bonds. The summed E-state index contributed by atoms with van der Waals surface area (Å²) in [5, 5.41) is 12.0. The quantitative estimate of drug-likeness (QED) is 0.405. The largest absolute Gasteiger partial charge is 0.459 e. The van der Waals surface area contributed by atoms with Crippen LogP contribution >= 0.6 is 0 Å². The zero-order valence-corrected chi connectivity index (χ0v) is 19.9. The van der Waals surface area contributed by atoms with Crippen molar-refractivity contribution in [1.82, 2.24) is 4.98 Å². The first-order valence-corrected chi connectivity index (χ1v) is 12.6. The molecule has 0 aliphatic carbocycles. The molecule has 0 saturated heterocycles. The summed E-state index contributed by atoms with van der Waals surface area (Å²) in [5.74, 6) is -0.786. The molecule has 0 bridgehead atoms. The van der Waals surface area contributed by atoms with E-state index in [2.05, 4.69) is 14.7 Å². The highest BCUT2D eigenvalue weighted by Crippen LogP contribution is 2.24. The number of pyridine rings is 1. The van der Waals surface area contributed by atoms with E-state index in [-0.39, 0.29) is 23.8 Å². The molecular weight excluding hydrogens is 466 g/mol. The Morgan fingerprint density at radius 1 is 1.06 bits per heavy atom. The van der Waals surface area contributed by atoms with Gasteiger partial charge in [-0.1, -0.05) is 24.3 Å². The van der Waals surface area contributed by atoms with E-state index < -0.39 is 15.6 Å². The number of hydrogen-bond donors (Lipinski definition) is 2. The van der Waals surface area contributed by atoms with Crippen LogP contribution < -0.4 is 5.32 Å². The number of nitrogens with zero attached hydrogens (tertiary/aromatic N) is 2. The molecule has 4 aromatic rings. The summed E-state index contributed by atoms with van der Waals surface area (Å²) in [7, 11) is -3.00. The molecular formula is C26H23N3O5S. The number of nitrogens with one attached hydrogen (secondary N) is 1. The molecule has 0 fully saturated rings. The number of benzene rings is 2. The minimum Gasteiger partial charge on any atom is -0.459 e. The SMILES string of the molecule is Cc1ccoc1C(=O)Nc1cccc(-c2cncc(C(=O)N=S(C)(=O)c3ccc(CO)cc3)c2)c1. The predicted molar refractivity (Wildman–Crippen MR) is 133 cm³/mol. The average molecular weight is 490 g/mol. The zero-order valence-electron chi connectivity index (χ0n) is 19.1. The molecule has 8 nitrogen and oxygen atoms in total. The molecule has 2 aromatic heterocycles. The van der Waals surface area contributed by atoms with Crippen molar-refractivity contribution in [3.05, 3.63) is 102 Å². The summed E-state index contributed by atoms with van der Waals surface area (Å²) in [6.07, 6.45) is 5.80. The number of aromatic nitrogens is 1. The maximum Gasteiger partial charge on any atom is 0.291 e. The number of aryl methyl sites for hydroxylation is 1. The predicted octanol–water partition coefficient (Wildman–Crippen LogP) is 4.69. The van der Waals surface area contributed by atoms with Crippen molar-refractivity contribution in [2.75, 3.05) is 11.6 Å². The van der Waals surface area contributed by atoms with E-state index in [1.54, 1.807) is 67.7 Å². The third kappa shape index (κ3) is 5.53. The van der Waals surface area contributed by atoms with Gasteiger partial charge in [-0.3, -0.25) is 14.6 Å². The lowest BCUT2D eigenvalue weighted by Gasteiger charge is -2.08. The van der Waals surface area contributed by atoms with Crippen LogP contribution in [0.3, 0.4) is 0 Å². The maximum absolute atomic E-state index is 13.1.